The van der Waals surface area contributed by atoms with E-state index in [1.54, 1.807) is 0 Å². The van der Waals surface area contributed by atoms with E-state index in [-0.39, 0.29) is 18.3 Å². The van der Waals surface area contributed by atoms with Gasteiger partial charge in [0.2, 0.25) is 0 Å². The third-order valence-electron chi connectivity index (χ3n) is 7.26. The van der Waals surface area contributed by atoms with E-state index >= 15 is 0 Å². The minimum Gasteiger partial charge on any atom is -0.399 e. The lowest BCUT2D eigenvalue weighted by molar-refractivity contribution is 0.00578. The maximum atomic E-state index is 6.29. The van der Waals surface area contributed by atoms with Crippen molar-refractivity contribution >= 4 is 55.7 Å². The summed E-state index contributed by atoms with van der Waals surface area (Å²) in [5, 5.41) is 10.2. The summed E-state index contributed by atoms with van der Waals surface area (Å²) in [6, 6.07) is 28.6. The molecule has 152 valence electrons. The van der Waals surface area contributed by atoms with Crippen LogP contribution in [0.4, 0.5) is 0 Å². The Balaban J connectivity index is 1.61. The fourth-order valence-electron chi connectivity index (χ4n) is 4.79. The van der Waals surface area contributed by atoms with Crippen LogP contribution in [0.2, 0.25) is 0 Å². The van der Waals surface area contributed by atoms with Crippen LogP contribution in [0.1, 0.15) is 27.7 Å². The lowest BCUT2D eigenvalue weighted by Gasteiger charge is -2.32. The topological polar surface area (TPSA) is 18.5 Å². The summed E-state index contributed by atoms with van der Waals surface area (Å²) < 4.78 is 12.6. The van der Waals surface area contributed by atoms with E-state index in [2.05, 4.69) is 107 Å². The van der Waals surface area contributed by atoms with Gasteiger partial charge in [-0.05, 0) is 76.2 Å². The number of rotatable bonds is 1. The molecular weight excluding hydrogens is 379 g/mol. The quantitative estimate of drug-likeness (QED) is 0.232. The maximum absolute atomic E-state index is 6.29. The molecule has 0 aromatic heterocycles. The van der Waals surface area contributed by atoms with Crippen molar-refractivity contribution in [2.75, 3.05) is 0 Å². The van der Waals surface area contributed by atoms with Gasteiger partial charge in [0.25, 0.3) is 0 Å². The normalized spacial score (nSPS) is 17.9. The van der Waals surface area contributed by atoms with Gasteiger partial charge in [-0.2, -0.15) is 0 Å². The second-order valence-corrected chi connectivity index (χ2v) is 9.68. The van der Waals surface area contributed by atoms with E-state index in [0.29, 0.717) is 0 Å². The summed E-state index contributed by atoms with van der Waals surface area (Å²) >= 11 is 0. The van der Waals surface area contributed by atoms with Crippen molar-refractivity contribution < 1.29 is 9.31 Å². The highest BCUT2D eigenvalue weighted by Gasteiger charge is 2.51. The molecule has 1 saturated heterocycles. The van der Waals surface area contributed by atoms with Crippen molar-refractivity contribution in [1.82, 2.24) is 0 Å². The van der Waals surface area contributed by atoms with Gasteiger partial charge in [-0.1, -0.05) is 78.9 Å². The van der Waals surface area contributed by atoms with Crippen LogP contribution in [0.3, 0.4) is 0 Å². The lowest BCUT2D eigenvalue weighted by Crippen LogP contribution is -2.41. The number of hydrogen-bond acceptors (Lipinski definition) is 2. The van der Waals surface area contributed by atoms with Crippen LogP contribution < -0.4 is 5.46 Å². The fraction of sp³-hybridized carbons (Fsp3) is 0.214. The largest absolute Gasteiger partial charge is 0.494 e. The zero-order valence-electron chi connectivity index (χ0n) is 18.4. The van der Waals surface area contributed by atoms with Crippen LogP contribution >= 0.6 is 0 Å². The van der Waals surface area contributed by atoms with Gasteiger partial charge < -0.3 is 9.31 Å². The number of fused-ring (bicyclic) bond motifs is 7. The number of hydrogen-bond donors (Lipinski definition) is 0. The molecule has 0 radical (unpaired) electrons. The molecule has 0 amide bonds. The average Bonchev–Trinajstić information content (AvgIpc) is 2.99. The summed E-state index contributed by atoms with van der Waals surface area (Å²) in [7, 11) is -0.349. The minimum atomic E-state index is -0.349. The van der Waals surface area contributed by atoms with E-state index in [1.807, 2.05) is 0 Å². The van der Waals surface area contributed by atoms with Crippen molar-refractivity contribution in [3.8, 4) is 0 Å². The molecule has 1 fully saturated rings. The lowest BCUT2D eigenvalue weighted by atomic mass is 9.78. The molecule has 5 aromatic carbocycles. The zero-order chi connectivity index (χ0) is 21.4. The summed E-state index contributed by atoms with van der Waals surface area (Å²) in [6.45, 7) is 8.38. The maximum Gasteiger partial charge on any atom is 0.494 e. The molecule has 31 heavy (non-hydrogen) atoms. The van der Waals surface area contributed by atoms with Crippen LogP contribution in [0.25, 0.3) is 43.1 Å². The molecule has 2 nitrogen and oxygen atoms in total. The van der Waals surface area contributed by atoms with Gasteiger partial charge in [0.15, 0.2) is 0 Å². The standard InChI is InChI=1S/C28H25BO2/c1-27(2)28(3,4)31-29(30-27)22-15-16-24-21(17-22)14-13-20-12-11-19-10-9-18-7-5-6-8-23(18)25(19)26(20)24/h5-17H,1-4H3. The minimum absolute atomic E-state index is 0.342. The van der Waals surface area contributed by atoms with E-state index in [9.17, 15) is 0 Å². The highest BCUT2D eigenvalue weighted by atomic mass is 16.7. The van der Waals surface area contributed by atoms with Crippen molar-refractivity contribution in [3.05, 3.63) is 78.9 Å². The molecule has 3 heteroatoms. The first kappa shape index (κ1) is 18.9. The van der Waals surface area contributed by atoms with E-state index < -0.39 is 0 Å². The zero-order valence-corrected chi connectivity index (χ0v) is 18.4. The van der Waals surface area contributed by atoms with E-state index in [1.165, 1.54) is 43.1 Å². The highest BCUT2D eigenvalue weighted by Crippen LogP contribution is 2.38. The van der Waals surface area contributed by atoms with E-state index in [0.717, 1.165) is 5.46 Å². The Labute approximate surface area is 182 Å². The van der Waals surface area contributed by atoms with Crippen molar-refractivity contribution in [1.29, 1.82) is 0 Å². The van der Waals surface area contributed by atoms with E-state index in [4.69, 9.17) is 9.31 Å². The Morgan fingerprint density at radius 3 is 1.71 bits per heavy atom. The van der Waals surface area contributed by atoms with Gasteiger partial charge in [-0.15, -0.1) is 0 Å². The first-order chi connectivity index (χ1) is 14.8. The van der Waals surface area contributed by atoms with Crippen LogP contribution in [-0.4, -0.2) is 18.3 Å². The Kier molecular flexibility index (Phi) is 3.84. The van der Waals surface area contributed by atoms with Crippen molar-refractivity contribution in [2.24, 2.45) is 0 Å². The summed E-state index contributed by atoms with van der Waals surface area (Å²) in [6.07, 6.45) is 0. The van der Waals surface area contributed by atoms with Gasteiger partial charge in [-0.25, -0.2) is 0 Å². The van der Waals surface area contributed by atoms with Gasteiger partial charge in [-0.3, -0.25) is 0 Å². The van der Waals surface area contributed by atoms with Crippen LogP contribution in [0.15, 0.2) is 78.9 Å². The van der Waals surface area contributed by atoms with Crippen molar-refractivity contribution in [2.45, 2.75) is 38.9 Å². The monoisotopic (exact) mass is 404 g/mol. The SMILES string of the molecule is CC1(C)OB(c2ccc3c(ccc4ccc5ccc6ccccc6c5c43)c2)OC1(C)C. The molecule has 0 unspecified atom stereocenters. The van der Waals surface area contributed by atoms with Gasteiger partial charge in [0.05, 0.1) is 11.2 Å². The third-order valence-corrected chi connectivity index (χ3v) is 7.26. The molecule has 0 N–H and O–H groups in total. The van der Waals surface area contributed by atoms with Crippen molar-refractivity contribution in [3.63, 3.8) is 0 Å². The molecule has 0 saturated carbocycles. The molecule has 0 aliphatic carbocycles. The number of benzene rings is 5. The molecule has 0 bridgehead atoms. The molecule has 1 heterocycles. The predicted octanol–water partition coefficient (Wildman–Crippen LogP) is 6.60. The van der Waals surface area contributed by atoms with Crippen LogP contribution in [0.5, 0.6) is 0 Å². The first-order valence-corrected chi connectivity index (χ1v) is 11.0. The molecule has 1 aliphatic rings. The Morgan fingerprint density at radius 2 is 1.06 bits per heavy atom. The molecule has 6 rings (SSSR count). The van der Waals surface area contributed by atoms with Gasteiger partial charge in [0, 0.05) is 0 Å². The first-order valence-electron chi connectivity index (χ1n) is 11.0. The molecule has 1 aliphatic heterocycles. The highest BCUT2D eigenvalue weighted by molar-refractivity contribution is 6.62. The molecule has 5 aromatic rings. The van der Waals surface area contributed by atoms with Crippen LogP contribution in [-0.2, 0) is 9.31 Å². The third kappa shape index (κ3) is 2.73. The Morgan fingerprint density at radius 1 is 0.548 bits per heavy atom. The van der Waals surface area contributed by atoms with Gasteiger partial charge in [0.1, 0.15) is 0 Å². The smallest absolute Gasteiger partial charge is 0.399 e. The second-order valence-electron chi connectivity index (χ2n) is 9.68. The Bertz CT molecular complexity index is 1480. The summed E-state index contributed by atoms with van der Waals surface area (Å²) in [5.41, 5.74) is 0.381. The summed E-state index contributed by atoms with van der Waals surface area (Å²) in [5.74, 6) is 0. The fourth-order valence-corrected chi connectivity index (χ4v) is 4.79. The Hall–Kier alpha value is -2.88. The predicted molar refractivity (Wildman–Crippen MR) is 132 cm³/mol. The van der Waals surface area contributed by atoms with Gasteiger partial charge >= 0.3 is 7.12 Å². The molecule has 0 spiro atoms. The second kappa shape index (κ2) is 6.32. The van der Waals surface area contributed by atoms with Crippen LogP contribution in [0, 0.1) is 0 Å². The molecular formula is C28H25BO2. The summed E-state index contributed by atoms with van der Waals surface area (Å²) in [4.78, 5) is 0. The molecule has 0 atom stereocenters. The average molecular weight is 404 g/mol.